The third-order valence-corrected chi connectivity index (χ3v) is 4.06. The molecule has 1 amide bonds. The van der Waals surface area contributed by atoms with E-state index in [0.717, 1.165) is 18.4 Å². The zero-order valence-corrected chi connectivity index (χ0v) is 12.2. The van der Waals surface area contributed by atoms with Crippen LogP contribution in [0.2, 0.25) is 10.0 Å². The molecule has 5 heteroatoms. The van der Waals surface area contributed by atoms with Crippen LogP contribution in [0.4, 0.5) is 0 Å². The lowest BCUT2D eigenvalue weighted by molar-refractivity contribution is 0.0697. The first kappa shape index (κ1) is 13.5. The normalized spacial score (nSPS) is 14.3. The fourth-order valence-corrected chi connectivity index (χ4v) is 2.45. The van der Waals surface area contributed by atoms with Crippen molar-refractivity contribution in [3.8, 4) is 0 Å². The second-order valence-corrected chi connectivity index (χ2v) is 5.70. The Labute approximate surface area is 127 Å². The summed E-state index contributed by atoms with van der Waals surface area (Å²) < 4.78 is 5.20. The summed E-state index contributed by atoms with van der Waals surface area (Å²) in [4.78, 5) is 14.2. The van der Waals surface area contributed by atoms with E-state index in [2.05, 4.69) is 0 Å². The van der Waals surface area contributed by atoms with Crippen LogP contribution in [0.15, 0.2) is 41.0 Å². The van der Waals surface area contributed by atoms with Crippen molar-refractivity contribution in [1.82, 2.24) is 4.90 Å². The second-order valence-electron chi connectivity index (χ2n) is 4.89. The maximum atomic E-state index is 12.4. The first-order valence-corrected chi connectivity index (χ1v) is 7.19. The van der Waals surface area contributed by atoms with Gasteiger partial charge < -0.3 is 9.32 Å². The molecule has 2 aromatic rings. The van der Waals surface area contributed by atoms with Crippen LogP contribution < -0.4 is 0 Å². The quantitative estimate of drug-likeness (QED) is 0.839. The summed E-state index contributed by atoms with van der Waals surface area (Å²) in [6.45, 7) is 0.515. The highest BCUT2D eigenvalue weighted by molar-refractivity contribution is 6.42. The number of benzene rings is 1. The summed E-state index contributed by atoms with van der Waals surface area (Å²) in [5.74, 6) is 0.292. The maximum absolute atomic E-state index is 12.4. The van der Waals surface area contributed by atoms with Crippen LogP contribution in [0.3, 0.4) is 0 Å². The van der Waals surface area contributed by atoms with E-state index >= 15 is 0 Å². The molecule has 0 atom stereocenters. The number of furan rings is 1. The molecule has 1 heterocycles. The van der Waals surface area contributed by atoms with Crippen LogP contribution in [0.1, 0.15) is 29.0 Å². The molecule has 0 radical (unpaired) electrons. The highest BCUT2D eigenvalue weighted by Crippen LogP contribution is 2.31. The first-order valence-electron chi connectivity index (χ1n) is 6.43. The van der Waals surface area contributed by atoms with Gasteiger partial charge in [0.25, 0.3) is 5.91 Å². The van der Waals surface area contributed by atoms with E-state index in [1.807, 2.05) is 11.0 Å². The molecule has 0 spiro atoms. The largest absolute Gasteiger partial charge is 0.459 e. The van der Waals surface area contributed by atoms with Crippen LogP contribution in [0, 0.1) is 0 Å². The number of rotatable bonds is 4. The van der Waals surface area contributed by atoms with Gasteiger partial charge in [-0.05, 0) is 42.7 Å². The van der Waals surface area contributed by atoms with Crippen LogP contribution >= 0.6 is 23.2 Å². The monoisotopic (exact) mass is 309 g/mol. The highest BCUT2D eigenvalue weighted by atomic mass is 35.5. The van der Waals surface area contributed by atoms with Crippen LogP contribution in [-0.4, -0.2) is 16.8 Å². The minimum atomic E-state index is -0.0800. The average Bonchev–Trinajstić information content (AvgIpc) is 3.13. The molecule has 3 rings (SSSR count). The molecule has 1 aromatic heterocycles. The van der Waals surface area contributed by atoms with Crippen molar-refractivity contribution in [2.24, 2.45) is 0 Å². The standard InChI is InChI=1S/C15H13Cl2NO2/c16-12-6-3-10(8-13(12)17)9-18(11-4-5-11)15(19)14-2-1-7-20-14/h1-3,6-8,11H,4-5,9H2. The smallest absolute Gasteiger partial charge is 0.290 e. The topological polar surface area (TPSA) is 33.5 Å². The number of hydrogen-bond donors (Lipinski definition) is 0. The van der Waals surface area contributed by atoms with Crippen molar-refractivity contribution >= 4 is 29.1 Å². The SMILES string of the molecule is O=C(c1ccco1)N(Cc1ccc(Cl)c(Cl)c1)C1CC1. The summed E-state index contributed by atoms with van der Waals surface area (Å²) >= 11 is 11.9. The summed E-state index contributed by atoms with van der Waals surface area (Å²) in [5.41, 5.74) is 0.964. The fourth-order valence-electron chi connectivity index (χ4n) is 2.13. The van der Waals surface area contributed by atoms with Crippen molar-refractivity contribution in [2.75, 3.05) is 0 Å². The molecular weight excluding hydrogens is 297 g/mol. The molecule has 104 valence electrons. The van der Waals surface area contributed by atoms with E-state index in [-0.39, 0.29) is 5.91 Å². The Balaban J connectivity index is 1.81. The van der Waals surface area contributed by atoms with Gasteiger partial charge in [-0.25, -0.2) is 0 Å². The van der Waals surface area contributed by atoms with E-state index in [1.165, 1.54) is 6.26 Å². The Bertz CT molecular complexity index is 621. The zero-order valence-electron chi connectivity index (χ0n) is 10.7. The molecule has 1 aromatic carbocycles. The van der Waals surface area contributed by atoms with Gasteiger partial charge >= 0.3 is 0 Å². The number of amides is 1. The molecule has 0 N–H and O–H groups in total. The Morgan fingerprint density at radius 3 is 2.65 bits per heavy atom. The molecule has 1 aliphatic carbocycles. The van der Waals surface area contributed by atoms with Gasteiger partial charge in [0.1, 0.15) is 0 Å². The highest BCUT2D eigenvalue weighted by Gasteiger charge is 2.34. The fraction of sp³-hybridized carbons (Fsp3) is 0.267. The van der Waals surface area contributed by atoms with Crippen LogP contribution in [-0.2, 0) is 6.54 Å². The summed E-state index contributed by atoms with van der Waals surface area (Å²) in [7, 11) is 0. The van der Waals surface area contributed by atoms with Crippen molar-refractivity contribution in [3.63, 3.8) is 0 Å². The van der Waals surface area contributed by atoms with Gasteiger partial charge in [0.15, 0.2) is 5.76 Å². The molecule has 0 saturated heterocycles. The van der Waals surface area contributed by atoms with Gasteiger partial charge in [-0.1, -0.05) is 29.3 Å². The van der Waals surface area contributed by atoms with Crippen molar-refractivity contribution in [2.45, 2.75) is 25.4 Å². The number of carbonyl (C=O) groups is 1. The molecule has 0 aliphatic heterocycles. The number of halogens is 2. The Morgan fingerprint density at radius 1 is 1.25 bits per heavy atom. The lowest BCUT2D eigenvalue weighted by Crippen LogP contribution is -2.32. The summed E-state index contributed by atoms with van der Waals surface area (Å²) in [5, 5.41) is 1.02. The predicted octanol–water partition coefficient (Wildman–Crippen LogP) is 4.39. The van der Waals surface area contributed by atoms with Gasteiger partial charge in [-0.15, -0.1) is 0 Å². The zero-order chi connectivity index (χ0) is 14.1. The molecule has 1 fully saturated rings. The average molecular weight is 310 g/mol. The Hall–Kier alpha value is -1.45. The van der Waals surface area contributed by atoms with Gasteiger partial charge in [0.05, 0.1) is 16.3 Å². The molecule has 0 bridgehead atoms. The van der Waals surface area contributed by atoms with Crippen LogP contribution in [0.5, 0.6) is 0 Å². The number of hydrogen-bond acceptors (Lipinski definition) is 2. The maximum Gasteiger partial charge on any atom is 0.290 e. The molecular formula is C15H13Cl2NO2. The van der Waals surface area contributed by atoms with E-state index < -0.39 is 0 Å². The minimum absolute atomic E-state index is 0.0800. The molecule has 1 aliphatic rings. The Kier molecular flexibility index (Phi) is 3.72. The molecule has 0 unspecified atom stereocenters. The van der Waals surface area contributed by atoms with E-state index in [0.29, 0.717) is 28.4 Å². The van der Waals surface area contributed by atoms with E-state index in [9.17, 15) is 4.79 Å². The van der Waals surface area contributed by atoms with E-state index in [4.69, 9.17) is 27.6 Å². The third kappa shape index (κ3) is 2.84. The van der Waals surface area contributed by atoms with Crippen molar-refractivity contribution in [3.05, 3.63) is 58.0 Å². The lowest BCUT2D eigenvalue weighted by atomic mass is 10.2. The predicted molar refractivity (Wildman–Crippen MR) is 78.1 cm³/mol. The van der Waals surface area contributed by atoms with Crippen molar-refractivity contribution in [1.29, 1.82) is 0 Å². The van der Waals surface area contributed by atoms with Crippen LogP contribution in [0.25, 0.3) is 0 Å². The second kappa shape index (κ2) is 5.51. The Morgan fingerprint density at radius 2 is 2.05 bits per heavy atom. The minimum Gasteiger partial charge on any atom is -0.459 e. The van der Waals surface area contributed by atoms with E-state index in [1.54, 1.807) is 24.3 Å². The third-order valence-electron chi connectivity index (χ3n) is 3.32. The molecule has 3 nitrogen and oxygen atoms in total. The van der Waals surface area contributed by atoms with Crippen molar-refractivity contribution < 1.29 is 9.21 Å². The summed E-state index contributed by atoms with van der Waals surface area (Å²) in [6, 6.07) is 9.14. The van der Waals surface area contributed by atoms with Gasteiger partial charge in [0.2, 0.25) is 0 Å². The molecule has 1 saturated carbocycles. The lowest BCUT2D eigenvalue weighted by Gasteiger charge is -2.21. The molecule has 20 heavy (non-hydrogen) atoms. The number of carbonyl (C=O) groups excluding carboxylic acids is 1. The van der Waals surface area contributed by atoms with Gasteiger partial charge in [-0.3, -0.25) is 4.79 Å². The first-order chi connectivity index (χ1) is 9.65. The van der Waals surface area contributed by atoms with Gasteiger partial charge in [0, 0.05) is 12.6 Å². The van der Waals surface area contributed by atoms with Gasteiger partial charge in [-0.2, -0.15) is 0 Å². The number of nitrogens with zero attached hydrogens (tertiary/aromatic N) is 1. The summed E-state index contributed by atoms with van der Waals surface area (Å²) in [6.07, 6.45) is 3.58.